The molecule has 5 nitrogen and oxygen atoms in total. The fourth-order valence-electron chi connectivity index (χ4n) is 2.72. The monoisotopic (exact) mass is 249 g/mol. The average molecular weight is 249 g/mol. The molecule has 0 saturated carbocycles. The van der Waals surface area contributed by atoms with Gasteiger partial charge in [0.2, 0.25) is 0 Å². The first-order valence-electron chi connectivity index (χ1n) is 5.78. The van der Waals surface area contributed by atoms with E-state index in [1.54, 1.807) is 0 Å². The predicted molar refractivity (Wildman–Crippen MR) is 64.2 cm³/mol. The molecular formula is C13H15NO4. The minimum absolute atomic E-state index is 0.0807. The zero-order valence-electron chi connectivity index (χ0n) is 9.74. The number of carboxylic acids is 2. The maximum absolute atomic E-state index is 11.0. The number of aliphatic carboxylic acids is 2. The van der Waals surface area contributed by atoms with Crippen molar-refractivity contribution in [2.24, 2.45) is 11.7 Å². The molecule has 5 heteroatoms. The second-order valence-corrected chi connectivity index (χ2v) is 4.64. The van der Waals surface area contributed by atoms with Gasteiger partial charge in [0, 0.05) is 0 Å². The van der Waals surface area contributed by atoms with Crippen LogP contribution in [0.4, 0.5) is 0 Å². The summed E-state index contributed by atoms with van der Waals surface area (Å²) in [7, 11) is 0. The third-order valence-corrected chi connectivity index (χ3v) is 3.57. The molecule has 0 heterocycles. The number of benzene rings is 1. The van der Waals surface area contributed by atoms with Crippen LogP contribution in [0.15, 0.2) is 24.3 Å². The topological polar surface area (TPSA) is 101 Å². The minimum Gasteiger partial charge on any atom is -0.481 e. The molecule has 18 heavy (non-hydrogen) atoms. The molecule has 96 valence electrons. The first-order chi connectivity index (χ1) is 8.50. The second-order valence-electron chi connectivity index (χ2n) is 4.64. The molecule has 1 aliphatic carbocycles. The lowest BCUT2D eigenvalue weighted by Crippen LogP contribution is -2.40. The number of carboxylic acid groups (broad SMARTS) is 2. The standard InChI is InChI=1S/C13H15NO4/c14-12(13(17)18)10-5-7-3-1-2-4-8(7)9(10)6-11(15)16/h1-4,9-10,12H,5-6,14H2,(H,15,16)(H,17,18). The minimum atomic E-state index is -1.08. The number of hydrogen-bond acceptors (Lipinski definition) is 3. The lowest BCUT2D eigenvalue weighted by Gasteiger charge is -2.22. The summed E-state index contributed by atoms with van der Waals surface area (Å²) in [6, 6.07) is 6.44. The summed E-state index contributed by atoms with van der Waals surface area (Å²) in [6.45, 7) is 0. The molecular weight excluding hydrogens is 234 g/mol. The van der Waals surface area contributed by atoms with Gasteiger partial charge in [-0.1, -0.05) is 24.3 Å². The van der Waals surface area contributed by atoms with Gasteiger partial charge in [-0.15, -0.1) is 0 Å². The van der Waals surface area contributed by atoms with E-state index in [1.165, 1.54) is 0 Å². The highest BCUT2D eigenvalue weighted by Gasteiger charge is 2.39. The van der Waals surface area contributed by atoms with Gasteiger partial charge in [0.05, 0.1) is 6.42 Å². The van der Waals surface area contributed by atoms with Gasteiger partial charge >= 0.3 is 11.9 Å². The molecule has 2 rings (SSSR count). The van der Waals surface area contributed by atoms with E-state index in [0.717, 1.165) is 11.1 Å². The molecule has 0 saturated heterocycles. The molecule has 1 aromatic rings. The van der Waals surface area contributed by atoms with Crippen LogP contribution < -0.4 is 5.73 Å². The van der Waals surface area contributed by atoms with E-state index in [9.17, 15) is 9.59 Å². The van der Waals surface area contributed by atoms with Crippen LogP contribution in [-0.2, 0) is 16.0 Å². The van der Waals surface area contributed by atoms with Gasteiger partial charge in [-0.2, -0.15) is 0 Å². The van der Waals surface area contributed by atoms with E-state index in [2.05, 4.69) is 0 Å². The van der Waals surface area contributed by atoms with E-state index in [-0.39, 0.29) is 18.3 Å². The number of carbonyl (C=O) groups is 2. The normalized spacial score (nSPS) is 23.4. The maximum Gasteiger partial charge on any atom is 0.320 e. The van der Waals surface area contributed by atoms with Gasteiger partial charge in [-0.05, 0) is 29.4 Å². The van der Waals surface area contributed by atoms with E-state index < -0.39 is 18.0 Å². The fourth-order valence-corrected chi connectivity index (χ4v) is 2.72. The molecule has 0 fully saturated rings. The first kappa shape index (κ1) is 12.6. The van der Waals surface area contributed by atoms with E-state index >= 15 is 0 Å². The first-order valence-corrected chi connectivity index (χ1v) is 5.78. The van der Waals surface area contributed by atoms with Crippen LogP contribution in [0.2, 0.25) is 0 Å². The lowest BCUT2D eigenvalue weighted by atomic mass is 9.84. The van der Waals surface area contributed by atoms with Crippen molar-refractivity contribution in [2.45, 2.75) is 24.8 Å². The third-order valence-electron chi connectivity index (χ3n) is 3.57. The Balaban J connectivity index is 2.33. The van der Waals surface area contributed by atoms with Crippen molar-refractivity contribution in [1.29, 1.82) is 0 Å². The molecule has 0 aliphatic heterocycles. The fraction of sp³-hybridized carbons (Fsp3) is 0.385. The SMILES string of the molecule is NC(C(=O)O)C1Cc2ccccc2C1CC(=O)O. The summed E-state index contributed by atoms with van der Waals surface area (Å²) in [5, 5.41) is 18.0. The third kappa shape index (κ3) is 2.22. The molecule has 0 amide bonds. The van der Waals surface area contributed by atoms with Crippen LogP contribution in [0.3, 0.4) is 0 Å². The molecule has 1 aromatic carbocycles. The molecule has 0 spiro atoms. The smallest absolute Gasteiger partial charge is 0.320 e. The largest absolute Gasteiger partial charge is 0.481 e. The zero-order chi connectivity index (χ0) is 13.3. The molecule has 0 aromatic heterocycles. The van der Waals surface area contributed by atoms with Crippen LogP contribution >= 0.6 is 0 Å². The van der Waals surface area contributed by atoms with Crippen molar-refractivity contribution in [3.63, 3.8) is 0 Å². The number of fused-ring (bicyclic) bond motifs is 1. The highest BCUT2D eigenvalue weighted by molar-refractivity contribution is 5.75. The maximum atomic E-state index is 11.0. The number of hydrogen-bond donors (Lipinski definition) is 3. The molecule has 4 N–H and O–H groups in total. The summed E-state index contributed by atoms with van der Waals surface area (Å²) >= 11 is 0. The van der Waals surface area contributed by atoms with Gasteiger partial charge < -0.3 is 15.9 Å². The second kappa shape index (κ2) is 4.78. The Morgan fingerprint density at radius 2 is 2.00 bits per heavy atom. The summed E-state index contributed by atoms with van der Waals surface area (Å²) in [5.41, 5.74) is 7.60. The zero-order valence-corrected chi connectivity index (χ0v) is 9.74. The van der Waals surface area contributed by atoms with Gasteiger partial charge in [0.1, 0.15) is 6.04 Å². The quantitative estimate of drug-likeness (QED) is 0.733. The Morgan fingerprint density at radius 1 is 1.33 bits per heavy atom. The van der Waals surface area contributed by atoms with Crippen LogP contribution in [0.25, 0.3) is 0 Å². The molecule has 3 unspecified atom stereocenters. The van der Waals surface area contributed by atoms with Crippen molar-refractivity contribution in [3.05, 3.63) is 35.4 Å². The summed E-state index contributed by atoms with van der Waals surface area (Å²) < 4.78 is 0. The van der Waals surface area contributed by atoms with Crippen molar-refractivity contribution >= 4 is 11.9 Å². The lowest BCUT2D eigenvalue weighted by molar-refractivity contribution is -0.142. The molecule has 1 aliphatic rings. The number of rotatable bonds is 4. The summed E-state index contributed by atoms with van der Waals surface area (Å²) in [5.74, 6) is -2.68. The number of nitrogens with two attached hydrogens (primary N) is 1. The van der Waals surface area contributed by atoms with Crippen molar-refractivity contribution in [2.75, 3.05) is 0 Å². The molecule has 3 atom stereocenters. The predicted octanol–water partition coefficient (Wildman–Crippen LogP) is 0.829. The highest BCUT2D eigenvalue weighted by Crippen LogP contribution is 2.41. The van der Waals surface area contributed by atoms with Crippen molar-refractivity contribution < 1.29 is 19.8 Å². The molecule has 0 bridgehead atoms. The van der Waals surface area contributed by atoms with Gasteiger partial charge in [-0.25, -0.2) is 0 Å². The highest BCUT2D eigenvalue weighted by atomic mass is 16.4. The average Bonchev–Trinajstić information content (AvgIpc) is 2.66. The van der Waals surface area contributed by atoms with Gasteiger partial charge in [-0.3, -0.25) is 9.59 Å². The van der Waals surface area contributed by atoms with Gasteiger partial charge in [0.15, 0.2) is 0 Å². The Bertz CT molecular complexity index is 486. The van der Waals surface area contributed by atoms with E-state index in [0.29, 0.717) is 6.42 Å². The van der Waals surface area contributed by atoms with Crippen LogP contribution in [0, 0.1) is 5.92 Å². The van der Waals surface area contributed by atoms with Crippen LogP contribution in [-0.4, -0.2) is 28.2 Å². The molecule has 0 radical (unpaired) electrons. The Kier molecular flexibility index (Phi) is 3.34. The Hall–Kier alpha value is -1.88. The summed E-state index contributed by atoms with van der Waals surface area (Å²) in [6.07, 6.45) is 0.449. The van der Waals surface area contributed by atoms with Gasteiger partial charge in [0.25, 0.3) is 0 Å². The Labute approximate surface area is 104 Å². The van der Waals surface area contributed by atoms with Crippen molar-refractivity contribution in [3.8, 4) is 0 Å². The van der Waals surface area contributed by atoms with Crippen molar-refractivity contribution in [1.82, 2.24) is 0 Å². The summed E-state index contributed by atoms with van der Waals surface area (Å²) in [4.78, 5) is 21.9. The Morgan fingerprint density at radius 3 is 2.61 bits per heavy atom. The van der Waals surface area contributed by atoms with Crippen LogP contribution in [0.1, 0.15) is 23.5 Å². The van der Waals surface area contributed by atoms with E-state index in [1.807, 2.05) is 24.3 Å². The van der Waals surface area contributed by atoms with Crippen LogP contribution in [0.5, 0.6) is 0 Å². The van der Waals surface area contributed by atoms with E-state index in [4.69, 9.17) is 15.9 Å².